The van der Waals surface area contributed by atoms with Crippen LogP contribution in [0.25, 0.3) is 10.9 Å². The summed E-state index contributed by atoms with van der Waals surface area (Å²) in [6.07, 6.45) is 2.38. The minimum atomic E-state index is -1.26. The van der Waals surface area contributed by atoms with E-state index in [1.165, 1.54) is 12.1 Å². The number of carboxylic acids is 1. The van der Waals surface area contributed by atoms with Crippen LogP contribution in [0, 0.1) is 24.0 Å². The van der Waals surface area contributed by atoms with Crippen molar-refractivity contribution in [3.8, 4) is 5.75 Å². The maximum absolute atomic E-state index is 15.8. The lowest BCUT2D eigenvalue weighted by atomic mass is 9.71. The molecule has 2 heterocycles. The second kappa shape index (κ2) is 12.0. The highest BCUT2D eigenvalue weighted by molar-refractivity contribution is 5.85. The van der Waals surface area contributed by atoms with Crippen molar-refractivity contribution in [2.24, 2.45) is 5.41 Å². The van der Waals surface area contributed by atoms with Gasteiger partial charge in [0.1, 0.15) is 23.6 Å². The first-order chi connectivity index (χ1) is 18.2. The van der Waals surface area contributed by atoms with E-state index in [1.54, 1.807) is 25.4 Å². The third kappa shape index (κ3) is 6.75. The van der Waals surface area contributed by atoms with Crippen molar-refractivity contribution < 1.29 is 27.8 Å². The summed E-state index contributed by atoms with van der Waals surface area (Å²) >= 11 is 0. The zero-order valence-corrected chi connectivity index (χ0v) is 21.8. The second-order valence-electron chi connectivity index (χ2n) is 10.2. The molecule has 38 heavy (non-hydrogen) atoms. The highest BCUT2D eigenvalue weighted by Gasteiger charge is 2.37. The molecule has 204 valence electrons. The number of anilines is 1. The van der Waals surface area contributed by atoms with Crippen LogP contribution in [0.2, 0.25) is 0 Å². The van der Waals surface area contributed by atoms with Gasteiger partial charge in [0.2, 0.25) is 0 Å². The van der Waals surface area contributed by atoms with Crippen molar-refractivity contribution in [3.63, 3.8) is 0 Å². The van der Waals surface area contributed by atoms with Gasteiger partial charge >= 0.3 is 5.97 Å². The molecule has 0 amide bonds. The highest BCUT2D eigenvalue weighted by atomic mass is 19.1. The van der Waals surface area contributed by atoms with Gasteiger partial charge in [-0.15, -0.1) is 0 Å². The average molecular weight is 530 g/mol. The lowest BCUT2D eigenvalue weighted by Gasteiger charge is -2.41. The lowest BCUT2D eigenvalue weighted by Crippen LogP contribution is -2.43. The van der Waals surface area contributed by atoms with Gasteiger partial charge in [-0.05, 0) is 92.6 Å². The number of piperidine rings is 1. The molecule has 3 aromatic rings. The zero-order valence-electron chi connectivity index (χ0n) is 21.8. The highest BCUT2D eigenvalue weighted by Crippen LogP contribution is 2.43. The number of carbonyl (C=O) groups is 1. The number of alkyl halides is 1. The van der Waals surface area contributed by atoms with E-state index in [0.29, 0.717) is 73.3 Å². The molecule has 0 spiro atoms. The van der Waals surface area contributed by atoms with Gasteiger partial charge in [-0.25, -0.2) is 13.2 Å². The SMILES string of the molecule is COc1ccc2ncc(C)c(C(F)CCC3(CC(=O)O)CCN(CCNc4cc(F)cc(F)c4)CC3)c2c1. The summed E-state index contributed by atoms with van der Waals surface area (Å²) in [5.41, 5.74) is 1.92. The number of aromatic nitrogens is 1. The van der Waals surface area contributed by atoms with Crippen LogP contribution in [0.4, 0.5) is 18.9 Å². The number of hydrogen-bond donors (Lipinski definition) is 2. The molecule has 1 atom stereocenters. The minimum absolute atomic E-state index is 0.00171. The molecule has 0 saturated carbocycles. The van der Waals surface area contributed by atoms with E-state index in [-0.39, 0.29) is 12.8 Å². The Morgan fingerprint density at radius 2 is 1.89 bits per heavy atom. The van der Waals surface area contributed by atoms with Gasteiger partial charge in [0.25, 0.3) is 0 Å². The molecule has 1 aromatic heterocycles. The largest absolute Gasteiger partial charge is 0.497 e. The number of ether oxygens (including phenoxy) is 1. The molecule has 1 aliphatic heterocycles. The molecule has 2 aromatic carbocycles. The van der Waals surface area contributed by atoms with E-state index in [4.69, 9.17) is 4.74 Å². The summed E-state index contributed by atoms with van der Waals surface area (Å²) in [7, 11) is 1.57. The summed E-state index contributed by atoms with van der Waals surface area (Å²) < 4.78 is 47.9. The smallest absolute Gasteiger partial charge is 0.303 e. The van der Waals surface area contributed by atoms with E-state index in [9.17, 15) is 18.7 Å². The quantitative estimate of drug-likeness (QED) is 0.304. The Morgan fingerprint density at radius 3 is 2.55 bits per heavy atom. The van der Waals surface area contributed by atoms with Gasteiger partial charge in [-0.3, -0.25) is 9.78 Å². The first kappa shape index (κ1) is 27.7. The fraction of sp³-hybridized carbons (Fsp3) is 0.448. The van der Waals surface area contributed by atoms with Crippen molar-refractivity contribution in [2.75, 3.05) is 38.6 Å². The van der Waals surface area contributed by atoms with Crippen LogP contribution in [-0.4, -0.2) is 54.2 Å². The number of rotatable bonds is 11. The summed E-state index contributed by atoms with van der Waals surface area (Å²) in [6.45, 7) is 4.34. The Kier molecular flexibility index (Phi) is 8.76. The number of benzene rings is 2. The molecule has 6 nitrogen and oxygen atoms in total. The Morgan fingerprint density at radius 1 is 1.18 bits per heavy atom. The third-order valence-corrected chi connectivity index (χ3v) is 7.62. The molecule has 1 aliphatic rings. The van der Waals surface area contributed by atoms with E-state index in [2.05, 4.69) is 15.2 Å². The number of aliphatic carboxylic acids is 1. The average Bonchev–Trinajstić information content (AvgIpc) is 2.87. The van der Waals surface area contributed by atoms with Crippen molar-refractivity contribution in [2.45, 2.75) is 45.2 Å². The number of hydrogen-bond acceptors (Lipinski definition) is 5. The van der Waals surface area contributed by atoms with Gasteiger partial charge in [0, 0.05) is 36.4 Å². The number of carboxylic acid groups (broad SMARTS) is 1. The predicted molar refractivity (Wildman–Crippen MR) is 141 cm³/mol. The summed E-state index contributed by atoms with van der Waals surface area (Å²) in [6, 6.07) is 8.72. The van der Waals surface area contributed by atoms with Crippen LogP contribution in [0.1, 0.15) is 49.4 Å². The molecule has 1 saturated heterocycles. The molecular formula is C29H34F3N3O3. The molecule has 0 bridgehead atoms. The van der Waals surface area contributed by atoms with Crippen LogP contribution in [0.5, 0.6) is 5.75 Å². The van der Waals surface area contributed by atoms with Crippen LogP contribution < -0.4 is 10.1 Å². The molecule has 1 unspecified atom stereocenters. The Bertz CT molecular complexity index is 1260. The first-order valence-electron chi connectivity index (χ1n) is 12.9. The molecule has 4 rings (SSSR count). The number of aryl methyl sites for hydroxylation is 1. The number of nitrogens with zero attached hydrogens (tertiary/aromatic N) is 2. The number of fused-ring (bicyclic) bond motifs is 1. The number of nitrogens with one attached hydrogen (secondary N) is 1. The maximum Gasteiger partial charge on any atom is 0.303 e. The fourth-order valence-electron chi connectivity index (χ4n) is 5.51. The topological polar surface area (TPSA) is 74.7 Å². The predicted octanol–water partition coefficient (Wildman–Crippen LogP) is 6.29. The van der Waals surface area contributed by atoms with Crippen molar-refractivity contribution in [1.82, 2.24) is 9.88 Å². The van der Waals surface area contributed by atoms with Gasteiger partial charge < -0.3 is 20.1 Å². The van der Waals surface area contributed by atoms with Crippen molar-refractivity contribution in [3.05, 3.63) is 65.4 Å². The van der Waals surface area contributed by atoms with E-state index in [1.807, 2.05) is 13.0 Å². The van der Waals surface area contributed by atoms with Crippen LogP contribution in [0.3, 0.4) is 0 Å². The number of halogens is 3. The van der Waals surface area contributed by atoms with E-state index >= 15 is 4.39 Å². The Balaban J connectivity index is 1.38. The van der Waals surface area contributed by atoms with Gasteiger partial charge in [0.15, 0.2) is 0 Å². The number of methoxy groups -OCH3 is 1. The van der Waals surface area contributed by atoms with Gasteiger partial charge in [0.05, 0.1) is 19.0 Å². The molecule has 0 radical (unpaired) electrons. The zero-order chi connectivity index (χ0) is 27.3. The summed E-state index contributed by atoms with van der Waals surface area (Å²) in [5, 5.41) is 13.4. The molecule has 0 aliphatic carbocycles. The standard InChI is InChI=1S/C29H34F3N3O3/c1-19-18-34-26-4-3-23(38-2)16-24(26)28(19)25(32)5-6-29(17-27(36)37)7-10-35(11-8-29)12-9-33-22-14-20(30)13-21(31)15-22/h3-4,13-16,18,25,33H,5-12,17H2,1-2H3,(H,36,37). The van der Waals surface area contributed by atoms with Crippen molar-refractivity contribution >= 4 is 22.6 Å². The normalized spacial score (nSPS) is 16.3. The second-order valence-corrected chi connectivity index (χ2v) is 10.2. The summed E-state index contributed by atoms with van der Waals surface area (Å²) in [5.74, 6) is -1.52. The molecule has 9 heteroatoms. The van der Waals surface area contributed by atoms with Gasteiger partial charge in [-0.1, -0.05) is 0 Å². The number of pyridine rings is 1. The van der Waals surface area contributed by atoms with E-state index < -0.39 is 29.2 Å². The Labute approximate surface area is 220 Å². The van der Waals surface area contributed by atoms with Crippen LogP contribution in [-0.2, 0) is 4.79 Å². The van der Waals surface area contributed by atoms with Gasteiger partial charge in [-0.2, -0.15) is 0 Å². The lowest BCUT2D eigenvalue weighted by molar-refractivity contribution is -0.141. The summed E-state index contributed by atoms with van der Waals surface area (Å²) in [4.78, 5) is 18.4. The molecular weight excluding hydrogens is 495 g/mol. The van der Waals surface area contributed by atoms with Crippen LogP contribution >= 0.6 is 0 Å². The van der Waals surface area contributed by atoms with Crippen LogP contribution in [0.15, 0.2) is 42.6 Å². The Hall–Kier alpha value is -3.33. The molecule has 1 fully saturated rings. The maximum atomic E-state index is 15.8. The minimum Gasteiger partial charge on any atom is -0.497 e. The number of likely N-dealkylation sites (tertiary alicyclic amines) is 1. The van der Waals surface area contributed by atoms with Crippen molar-refractivity contribution in [1.29, 1.82) is 0 Å². The third-order valence-electron chi connectivity index (χ3n) is 7.62. The molecule has 2 N–H and O–H groups in total. The first-order valence-corrected chi connectivity index (χ1v) is 12.9. The monoisotopic (exact) mass is 529 g/mol. The van der Waals surface area contributed by atoms with E-state index in [0.717, 1.165) is 11.6 Å². The fourth-order valence-corrected chi connectivity index (χ4v) is 5.51.